The molecule has 21 heavy (non-hydrogen) atoms. The molecule has 1 aromatic heterocycles. The van der Waals surface area contributed by atoms with Crippen LogP contribution in [0.3, 0.4) is 0 Å². The van der Waals surface area contributed by atoms with Crippen molar-refractivity contribution in [1.29, 1.82) is 0 Å². The van der Waals surface area contributed by atoms with Crippen LogP contribution >= 0.6 is 11.3 Å². The van der Waals surface area contributed by atoms with Crippen LogP contribution in [0.4, 0.5) is 5.13 Å². The van der Waals surface area contributed by atoms with E-state index in [1.54, 1.807) is 10.3 Å². The van der Waals surface area contributed by atoms with Crippen molar-refractivity contribution < 1.29 is 19.1 Å². The molecule has 0 bridgehead atoms. The number of hydrogen-bond acceptors (Lipinski definition) is 6. The number of hydrogen-bond donors (Lipinski definition) is 1. The number of ether oxygens (including phenoxy) is 1. The van der Waals surface area contributed by atoms with Gasteiger partial charge in [-0.05, 0) is 12.8 Å². The van der Waals surface area contributed by atoms with E-state index in [1.165, 1.54) is 25.4 Å². The molecule has 2 amide bonds. The van der Waals surface area contributed by atoms with Gasteiger partial charge in [0.15, 0.2) is 5.13 Å². The van der Waals surface area contributed by atoms with Crippen molar-refractivity contribution in [1.82, 2.24) is 9.88 Å². The second-order valence-electron chi connectivity index (χ2n) is 4.81. The molecule has 2 heterocycles. The van der Waals surface area contributed by atoms with Gasteiger partial charge < -0.3 is 15.0 Å². The van der Waals surface area contributed by atoms with Crippen LogP contribution < -0.4 is 5.32 Å². The Morgan fingerprint density at radius 1 is 1.38 bits per heavy atom. The minimum absolute atomic E-state index is 0.135. The number of amides is 2. The van der Waals surface area contributed by atoms with Crippen LogP contribution in [0.1, 0.15) is 30.3 Å². The fourth-order valence-corrected chi connectivity index (χ4v) is 2.96. The van der Waals surface area contributed by atoms with Crippen LogP contribution in [0.15, 0.2) is 5.38 Å². The van der Waals surface area contributed by atoms with Gasteiger partial charge in [-0.3, -0.25) is 14.4 Å². The summed E-state index contributed by atoms with van der Waals surface area (Å²) in [6, 6.07) is 0. The summed E-state index contributed by atoms with van der Waals surface area (Å²) in [4.78, 5) is 40.4. The third-order valence-electron chi connectivity index (χ3n) is 3.32. The molecule has 1 saturated heterocycles. The summed E-state index contributed by atoms with van der Waals surface area (Å²) in [6.45, 7) is 2.40. The predicted molar refractivity (Wildman–Crippen MR) is 77.1 cm³/mol. The summed E-state index contributed by atoms with van der Waals surface area (Å²) in [5, 5.41) is 4.59. The Balaban J connectivity index is 1.94. The Hall–Kier alpha value is -1.96. The van der Waals surface area contributed by atoms with Crippen LogP contribution in [0.25, 0.3) is 0 Å². The standard InChI is InChI=1S/C13H17N3O4S/c1-8(17)14-13-15-10(7-21-13)11(18)16-5-3-9(4-6-16)12(19)20-2/h7,9H,3-6H2,1-2H3,(H,14,15,17). The average molecular weight is 311 g/mol. The van der Waals surface area contributed by atoms with Gasteiger partial charge in [-0.1, -0.05) is 0 Å². The van der Waals surface area contributed by atoms with Crippen molar-refractivity contribution in [3.05, 3.63) is 11.1 Å². The molecule has 1 N–H and O–H groups in total. The Morgan fingerprint density at radius 2 is 2.05 bits per heavy atom. The molecule has 0 spiro atoms. The van der Waals surface area contributed by atoms with Gasteiger partial charge in [-0.2, -0.15) is 0 Å². The number of anilines is 1. The Labute approximate surface area is 126 Å². The highest BCUT2D eigenvalue weighted by Crippen LogP contribution is 2.22. The van der Waals surface area contributed by atoms with Crippen molar-refractivity contribution >= 4 is 34.3 Å². The van der Waals surface area contributed by atoms with E-state index in [1.807, 2.05) is 0 Å². The van der Waals surface area contributed by atoms with Crippen molar-refractivity contribution in [2.45, 2.75) is 19.8 Å². The third kappa shape index (κ3) is 3.78. The number of esters is 1. The number of aromatic nitrogens is 1. The highest BCUT2D eigenvalue weighted by molar-refractivity contribution is 7.14. The van der Waals surface area contributed by atoms with Gasteiger partial charge in [0.1, 0.15) is 5.69 Å². The van der Waals surface area contributed by atoms with Crippen LogP contribution in [0, 0.1) is 5.92 Å². The van der Waals surface area contributed by atoms with Gasteiger partial charge in [0.2, 0.25) is 5.91 Å². The van der Waals surface area contributed by atoms with Gasteiger partial charge in [0, 0.05) is 25.4 Å². The molecular formula is C13H17N3O4S. The van der Waals surface area contributed by atoms with Gasteiger partial charge in [-0.25, -0.2) is 4.98 Å². The molecule has 1 aliphatic heterocycles. The van der Waals surface area contributed by atoms with Crippen molar-refractivity contribution in [2.24, 2.45) is 5.92 Å². The molecule has 0 unspecified atom stereocenters. The van der Waals surface area contributed by atoms with E-state index in [0.717, 1.165) is 0 Å². The summed E-state index contributed by atoms with van der Waals surface area (Å²) in [5.74, 6) is -0.749. The number of nitrogens with zero attached hydrogens (tertiary/aromatic N) is 2. The van der Waals surface area contributed by atoms with Gasteiger partial charge >= 0.3 is 5.97 Å². The van der Waals surface area contributed by atoms with Gasteiger partial charge in [-0.15, -0.1) is 11.3 Å². The summed E-state index contributed by atoms with van der Waals surface area (Å²) >= 11 is 1.21. The van der Waals surface area contributed by atoms with E-state index < -0.39 is 0 Å². The second kappa shape index (κ2) is 6.66. The SMILES string of the molecule is COC(=O)C1CCN(C(=O)c2csc(NC(C)=O)n2)CC1. The molecule has 0 radical (unpaired) electrons. The second-order valence-corrected chi connectivity index (χ2v) is 5.67. The first-order valence-corrected chi connectivity index (χ1v) is 7.49. The largest absolute Gasteiger partial charge is 0.469 e. The zero-order valence-corrected chi connectivity index (χ0v) is 12.7. The number of rotatable bonds is 3. The fourth-order valence-electron chi connectivity index (χ4n) is 2.23. The Morgan fingerprint density at radius 3 is 2.62 bits per heavy atom. The minimum Gasteiger partial charge on any atom is -0.469 e. The highest BCUT2D eigenvalue weighted by atomic mass is 32.1. The van der Waals surface area contributed by atoms with Crippen molar-refractivity contribution in [2.75, 3.05) is 25.5 Å². The number of carbonyl (C=O) groups is 3. The summed E-state index contributed by atoms with van der Waals surface area (Å²) in [6.07, 6.45) is 1.20. The molecule has 0 aliphatic carbocycles. The molecule has 1 fully saturated rings. The molecule has 7 nitrogen and oxygen atoms in total. The normalized spacial score (nSPS) is 15.6. The Kier molecular flexibility index (Phi) is 4.89. The number of thiazole rings is 1. The molecule has 114 valence electrons. The first kappa shape index (κ1) is 15.4. The number of piperidine rings is 1. The quantitative estimate of drug-likeness (QED) is 0.845. The monoisotopic (exact) mass is 311 g/mol. The molecule has 0 saturated carbocycles. The number of carbonyl (C=O) groups excluding carboxylic acids is 3. The molecule has 0 atom stereocenters. The van der Waals surface area contributed by atoms with E-state index in [-0.39, 0.29) is 23.7 Å². The summed E-state index contributed by atoms with van der Waals surface area (Å²) in [7, 11) is 1.37. The van der Waals surface area contributed by atoms with Crippen LogP contribution in [0.5, 0.6) is 0 Å². The first-order valence-electron chi connectivity index (χ1n) is 6.61. The number of likely N-dealkylation sites (tertiary alicyclic amines) is 1. The summed E-state index contributed by atoms with van der Waals surface area (Å²) < 4.78 is 4.72. The molecule has 8 heteroatoms. The van der Waals surface area contributed by atoms with E-state index in [4.69, 9.17) is 4.74 Å². The van der Waals surface area contributed by atoms with Crippen LogP contribution in [-0.2, 0) is 14.3 Å². The molecule has 0 aromatic carbocycles. The van der Waals surface area contributed by atoms with Crippen LogP contribution in [0.2, 0.25) is 0 Å². The zero-order chi connectivity index (χ0) is 15.4. The maximum Gasteiger partial charge on any atom is 0.308 e. The maximum absolute atomic E-state index is 12.3. The average Bonchev–Trinajstić information content (AvgIpc) is 2.93. The fraction of sp³-hybridized carbons (Fsp3) is 0.538. The lowest BCUT2D eigenvalue weighted by molar-refractivity contribution is -0.146. The minimum atomic E-state index is -0.220. The molecule has 2 rings (SSSR count). The van der Waals surface area contributed by atoms with E-state index in [0.29, 0.717) is 36.8 Å². The number of methoxy groups -OCH3 is 1. The molecule has 1 aliphatic rings. The topological polar surface area (TPSA) is 88.6 Å². The highest BCUT2D eigenvalue weighted by Gasteiger charge is 2.29. The third-order valence-corrected chi connectivity index (χ3v) is 4.08. The van der Waals surface area contributed by atoms with E-state index in [2.05, 4.69) is 10.3 Å². The van der Waals surface area contributed by atoms with Crippen LogP contribution in [-0.4, -0.2) is 47.9 Å². The van der Waals surface area contributed by atoms with Crippen molar-refractivity contribution in [3.8, 4) is 0 Å². The summed E-state index contributed by atoms with van der Waals surface area (Å²) in [5.41, 5.74) is 0.320. The lowest BCUT2D eigenvalue weighted by atomic mass is 9.97. The van der Waals surface area contributed by atoms with Gasteiger partial charge in [0.25, 0.3) is 5.91 Å². The van der Waals surface area contributed by atoms with Crippen molar-refractivity contribution in [3.63, 3.8) is 0 Å². The first-order chi connectivity index (χ1) is 10.0. The number of nitrogens with one attached hydrogen (secondary N) is 1. The lowest BCUT2D eigenvalue weighted by Crippen LogP contribution is -2.40. The maximum atomic E-state index is 12.3. The molecular weight excluding hydrogens is 294 g/mol. The smallest absolute Gasteiger partial charge is 0.308 e. The lowest BCUT2D eigenvalue weighted by Gasteiger charge is -2.30. The molecule has 1 aromatic rings. The van der Waals surface area contributed by atoms with E-state index >= 15 is 0 Å². The Bertz CT molecular complexity index is 549. The van der Waals surface area contributed by atoms with E-state index in [9.17, 15) is 14.4 Å². The predicted octanol–water partition coefficient (Wildman–Crippen LogP) is 1.13. The van der Waals surface area contributed by atoms with Gasteiger partial charge in [0.05, 0.1) is 13.0 Å². The zero-order valence-electron chi connectivity index (χ0n) is 11.9.